The molecular formula is C21H20N6O3. The largest absolute Gasteiger partial charge is 0.391 e. The maximum absolute atomic E-state index is 11.8. The summed E-state index contributed by atoms with van der Waals surface area (Å²) in [5.74, 6) is 4.20. The summed E-state index contributed by atoms with van der Waals surface area (Å²) in [5.41, 5.74) is 9.16. The molecule has 0 aliphatic carbocycles. The molecule has 2 aromatic carbocycles. The minimum Gasteiger partial charge on any atom is -0.391 e. The molecular weight excluding hydrogens is 384 g/mol. The van der Waals surface area contributed by atoms with E-state index in [-0.39, 0.29) is 17.4 Å². The van der Waals surface area contributed by atoms with Crippen molar-refractivity contribution in [3.8, 4) is 0 Å². The SMILES string of the molecule is N=C(ON)c1cc[nH]c(=O)c1.NC1N=C(c2ccccc2)c2ccccc2NC1=O. The fourth-order valence-electron chi connectivity index (χ4n) is 2.75. The Balaban J connectivity index is 0.000000199. The van der Waals surface area contributed by atoms with Gasteiger partial charge in [0, 0.05) is 29.0 Å². The lowest BCUT2D eigenvalue weighted by atomic mass is 10.0. The fourth-order valence-corrected chi connectivity index (χ4v) is 2.75. The fraction of sp³-hybridized carbons (Fsp3) is 0.0476. The summed E-state index contributed by atoms with van der Waals surface area (Å²) in [6.45, 7) is 0. The number of pyridine rings is 1. The molecule has 30 heavy (non-hydrogen) atoms. The number of nitrogens with two attached hydrogens (primary N) is 2. The average Bonchev–Trinajstić information content (AvgIpc) is 2.90. The first-order chi connectivity index (χ1) is 14.5. The first kappa shape index (κ1) is 20.6. The standard InChI is InChI=1S/C15H13N3O.C6H7N3O2/c16-14-15(19)17-12-9-5-4-8-11(12)13(18-14)10-6-2-1-3-7-10;7-6(11-8)4-1-2-9-5(10)3-4/h1-9,14H,16H2,(H,17,19);1-3,7H,8H2,(H,9,10). The molecule has 0 spiro atoms. The van der Waals surface area contributed by atoms with Crippen molar-refractivity contribution in [2.45, 2.75) is 6.17 Å². The van der Waals surface area contributed by atoms with Gasteiger partial charge in [-0.05, 0) is 12.1 Å². The Bertz CT molecular complexity index is 1140. The van der Waals surface area contributed by atoms with Crippen molar-refractivity contribution in [3.05, 3.63) is 100.0 Å². The van der Waals surface area contributed by atoms with Crippen LogP contribution in [0, 0.1) is 5.41 Å². The van der Waals surface area contributed by atoms with E-state index >= 15 is 0 Å². The van der Waals surface area contributed by atoms with Crippen LogP contribution in [0.5, 0.6) is 0 Å². The minimum atomic E-state index is -0.886. The Labute approximate surface area is 171 Å². The number of H-pyrrole nitrogens is 1. The van der Waals surface area contributed by atoms with E-state index in [1.165, 1.54) is 18.3 Å². The third-order valence-electron chi connectivity index (χ3n) is 4.18. The smallest absolute Gasteiger partial charge is 0.263 e. The summed E-state index contributed by atoms with van der Waals surface area (Å²) < 4.78 is 0. The van der Waals surface area contributed by atoms with Gasteiger partial charge in [-0.25, -0.2) is 0 Å². The van der Waals surface area contributed by atoms with Crippen LogP contribution in [0.4, 0.5) is 5.69 Å². The zero-order valence-electron chi connectivity index (χ0n) is 15.8. The van der Waals surface area contributed by atoms with Crippen molar-refractivity contribution in [1.29, 1.82) is 5.41 Å². The molecule has 0 radical (unpaired) electrons. The number of carbonyl (C=O) groups excluding carboxylic acids is 1. The van der Waals surface area contributed by atoms with Crippen LogP contribution in [0.25, 0.3) is 0 Å². The number of anilines is 1. The molecule has 2 heterocycles. The number of aliphatic imine (C=N–C) groups is 1. The van der Waals surface area contributed by atoms with E-state index in [1.807, 2.05) is 54.6 Å². The number of hydrogen-bond acceptors (Lipinski definition) is 7. The van der Waals surface area contributed by atoms with Gasteiger partial charge in [0.15, 0.2) is 6.17 Å². The van der Waals surface area contributed by atoms with Crippen LogP contribution in [-0.2, 0) is 9.63 Å². The Hall–Kier alpha value is -4.08. The van der Waals surface area contributed by atoms with Gasteiger partial charge in [0.05, 0.1) is 11.4 Å². The first-order valence-electron chi connectivity index (χ1n) is 8.93. The Morgan fingerprint density at radius 3 is 2.43 bits per heavy atom. The lowest BCUT2D eigenvalue weighted by molar-refractivity contribution is -0.117. The maximum Gasteiger partial charge on any atom is 0.263 e. The predicted octanol–water partition coefficient (Wildman–Crippen LogP) is 1.35. The number of amides is 1. The van der Waals surface area contributed by atoms with Crippen molar-refractivity contribution in [2.24, 2.45) is 16.6 Å². The summed E-state index contributed by atoms with van der Waals surface area (Å²) in [6.07, 6.45) is 0.535. The summed E-state index contributed by atoms with van der Waals surface area (Å²) in [6, 6.07) is 20.1. The molecule has 0 saturated carbocycles. The highest BCUT2D eigenvalue weighted by Crippen LogP contribution is 2.23. The number of benzene rings is 2. The molecule has 1 atom stereocenters. The Morgan fingerprint density at radius 1 is 1.03 bits per heavy atom. The van der Waals surface area contributed by atoms with Crippen LogP contribution in [-0.4, -0.2) is 28.7 Å². The summed E-state index contributed by atoms with van der Waals surface area (Å²) in [4.78, 5) is 33.3. The normalized spacial score (nSPS) is 14.8. The van der Waals surface area contributed by atoms with Crippen LogP contribution in [0.3, 0.4) is 0 Å². The molecule has 1 aromatic heterocycles. The average molecular weight is 404 g/mol. The number of aromatic nitrogens is 1. The predicted molar refractivity (Wildman–Crippen MR) is 114 cm³/mol. The monoisotopic (exact) mass is 404 g/mol. The van der Waals surface area contributed by atoms with Crippen LogP contribution in [0.15, 0.2) is 82.7 Å². The van der Waals surface area contributed by atoms with E-state index in [0.29, 0.717) is 5.56 Å². The van der Waals surface area contributed by atoms with Crippen molar-refractivity contribution >= 4 is 23.2 Å². The van der Waals surface area contributed by atoms with Gasteiger partial charge in [-0.1, -0.05) is 48.5 Å². The van der Waals surface area contributed by atoms with E-state index in [0.717, 1.165) is 22.5 Å². The van der Waals surface area contributed by atoms with Gasteiger partial charge < -0.3 is 20.9 Å². The molecule has 1 aliphatic heterocycles. The number of hydrogen-bond donors (Lipinski definition) is 5. The lowest BCUT2D eigenvalue weighted by Crippen LogP contribution is -2.33. The Kier molecular flexibility index (Phi) is 6.48. The zero-order valence-corrected chi connectivity index (χ0v) is 15.8. The number of nitrogens with one attached hydrogen (secondary N) is 3. The van der Waals surface area contributed by atoms with Gasteiger partial charge in [-0.15, -0.1) is 0 Å². The maximum atomic E-state index is 11.8. The topological polar surface area (TPSA) is 159 Å². The van der Waals surface area contributed by atoms with Crippen LogP contribution in [0.1, 0.15) is 16.7 Å². The second-order valence-corrected chi connectivity index (χ2v) is 6.21. The van der Waals surface area contributed by atoms with Gasteiger partial charge in [-0.3, -0.25) is 20.0 Å². The summed E-state index contributed by atoms with van der Waals surface area (Å²) in [5, 5.41) is 9.87. The van der Waals surface area contributed by atoms with Gasteiger partial charge >= 0.3 is 0 Å². The number of carbonyl (C=O) groups is 1. The number of nitrogens with zero attached hydrogens (tertiary/aromatic N) is 1. The van der Waals surface area contributed by atoms with Crippen molar-refractivity contribution in [2.75, 3.05) is 5.32 Å². The van der Waals surface area contributed by atoms with Gasteiger partial charge in [0.1, 0.15) is 0 Å². The van der Waals surface area contributed by atoms with Crippen molar-refractivity contribution in [1.82, 2.24) is 4.98 Å². The molecule has 1 aliphatic rings. The molecule has 7 N–H and O–H groups in total. The minimum absolute atomic E-state index is 0.226. The number of rotatable bonds is 2. The Morgan fingerprint density at radius 2 is 1.73 bits per heavy atom. The number of benzodiazepines with no additional fused rings is 1. The van der Waals surface area contributed by atoms with Crippen molar-refractivity contribution < 1.29 is 9.63 Å². The van der Waals surface area contributed by atoms with Crippen molar-refractivity contribution in [3.63, 3.8) is 0 Å². The highest BCUT2D eigenvalue weighted by Gasteiger charge is 2.22. The molecule has 0 bridgehead atoms. The highest BCUT2D eigenvalue weighted by molar-refractivity contribution is 6.19. The summed E-state index contributed by atoms with van der Waals surface area (Å²) >= 11 is 0. The third kappa shape index (κ3) is 4.85. The molecule has 1 amide bonds. The van der Waals surface area contributed by atoms with Gasteiger partial charge in [-0.2, -0.15) is 5.90 Å². The molecule has 152 valence electrons. The molecule has 3 aromatic rings. The van der Waals surface area contributed by atoms with E-state index in [4.69, 9.17) is 17.0 Å². The second-order valence-electron chi connectivity index (χ2n) is 6.21. The van der Waals surface area contributed by atoms with Crippen LogP contribution >= 0.6 is 0 Å². The lowest BCUT2D eigenvalue weighted by Gasteiger charge is -2.09. The van der Waals surface area contributed by atoms with Crippen LogP contribution in [0.2, 0.25) is 0 Å². The number of para-hydroxylation sites is 1. The third-order valence-corrected chi connectivity index (χ3v) is 4.18. The van der Waals surface area contributed by atoms with E-state index in [2.05, 4.69) is 20.1 Å². The molecule has 9 heteroatoms. The number of aromatic amines is 1. The molecule has 0 saturated heterocycles. The second kappa shape index (κ2) is 9.41. The first-order valence-corrected chi connectivity index (χ1v) is 8.93. The molecule has 4 rings (SSSR count). The van der Waals surface area contributed by atoms with E-state index < -0.39 is 6.17 Å². The molecule has 9 nitrogen and oxygen atoms in total. The number of fused-ring (bicyclic) bond motifs is 1. The highest BCUT2D eigenvalue weighted by atomic mass is 16.6. The molecule has 0 fully saturated rings. The van der Waals surface area contributed by atoms with E-state index in [9.17, 15) is 9.59 Å². The zero-order chi connectivity index (χ0) is 21.5. The van der Waals surface area contributed by atoms with Gasteiger partial charge in [0.25, 0.3) is 5.91 Å². The van der Waals surface area contributed by atoms with Crippen LogP contribution < -0.4 is 22.5 Å². The quantitative estimate of drug-likeness (QED) is 0.247. The van der Waals surface area contributed by atoms with Gasteiger partial charge in [0.2, 0.25) is 11.5 Å². The molecule has 1 unspecified atom stereocenters. The van der Waals surface area contributed by atoms with E-state index in [1.54, 1.807) is 0 Å². The summed E-state index contributed by atoms with van der Waals surface area (Å²) in [7, 11) is 0.